The van der Waals surface area contributed by atoms with Crippen molar-refractivity contribution in [1.82, 2.24) is 14.7 Å². The first-order valence-electron chi connectivity index (χ1n) is 7.78. The van der Waals surface area contributed by atoms with Gasteiger partial charge in [0.05, 0.1) is 17.1 Å². The molecule has 8 heteroatoms. The Hall–Kier alpha value is -1.70. The van der Waals surface area contributed by atoms with Gasteiger partial charge in [-0.2, -0.15) is 0 Å². The molecule has 0 saturated carbocycles. The van der Waals surface area contributed by atoms with E-state index in [4.69, 9.17) is 11.6 Å². The van der Waals surface area contributed by atoms with Crippen molar-refractivity contribution in [2.24, 2.45) is 0 Å². The molecule has 0 unspecified atom stereocenters. The molecule has 0 aliphatic carbocycles. The topological polar surface area (TPSA) is 75.2 Å². The molecule has 3 rings (SSSR count). The van der Waals surface area contributed by atoms with Crippen molar-refractivity contribution in [3.05, 3.63) is 46.7 Å². The smallest absolute Gasteiger partial charge is 0.240 e. The summed E-state index contributed by atoms with van der Waals surface area (Å²) in [4.78, 5) is 11.0. The lowest BCUT2D eigenvalue weighted by Crippen LogP contribution is -2.25. The van der Waals surface area contributed by atoms with E-state index in [0.29, 0.717) is 16.7 Å². The molecule has 6 nitrogen and oxygen atoms in total. The Morgan fingerprint density at radius 1 is 1.25 bits per heavy atom. The molecule has 1 saturated heterocycles. The molecule has 2 aromatic rings. The predicted molar refractivity (Wildman–Crippen MR) is 93.7 cm³/mol. The maximum absolute atomic E-state index is 12.4. The lowest BCUT2D eigenvalue weighted by molar-refractivity contribution is 0.580. The van der Waals surface area contributed by atoms with Gasteiger partial charge in [0.15, 0.2) is 0 Å². The molecule has 1 aromatic carbocycles. The zero-order valence-corrected chi connectivity index (χ0v) is 14.9. The summed E-state index contributed by atoms with van der Waals surface area (Å²) < 4.78 is 27.3. The van der Waals surface area contributed by atoms with Gasteiger partial charge in [0.25, 0.3) is 0 Å². The molecule has 2 heterocycles. The highest BCUT2D eigenvalue weighted by Gasteiger charge is 2.17. The third kappa shape index (κ3) is 3.85. The first kappa shape index (κ1) is 17.1. The van der Waals surface area contributed by atoms with Crippen LogP contribution in [-0.4, -0.2) is 31.5 Å². The average Bonchev–Trinajstić information content (AvgIpc) is 3.10. The van der Waals surface area contributed by atoms with E-state index in [0.717, 1.165) is 31.5 Å². The van der Waals surface area contributed by atoms with Gasteiger partial charge in [-0.1, -0.05) is 17.7 Å². The molecule has 1 aliphatic rings. The van der Waals surface area contributed by atoms with E-state index in [-0.39, 0.29) is 11.4 Å². The number of hydrogen-bond donors (Lipinski definition) is 1. The van der Waals surface area contributed by atoms with E-state index in [9.17, 15) is 8.42 Å². The van der Waals surface area contributed by atoms with Crippen LogP contribution in [0.4, 0.5) is 5.95 Å². The number of anilines is 1. The lowest BCUT2D eigenvalue weighted by Gasteiger charge is -2.15. The van der Waals surface area contributed by atoms with Gasteiger partial charge < -0.3 is 4.90 Å². The first-order valence-corrected chi connectivity index (χ1v) is 9.64. The molecular formula is C16H19ClN4O2S. The van der Waals surface area contributed by atoms with Crippen LogP contribution in [0.1, 0.15) is 24.1 Å². The largest absolute Gasteiger partial charge is 0.341 e. The van der Waals surface area contributed by atoms with E-state index in [1.54, 1.807) is 24.4 Å². The summed E-state index contributed by atoms with van der Waals surface area (Å²) in [6, 6.07) is 6.39. The van der Waals surface area contributed by atoms with Gasteiger partial charge in [-0.05, 0) is 43.5 Å². The normalized spacial score (nSPS) is 15.0. The van der Waals surface area contributed by atoms with Gasteiger partial charge in [-0.25, -0.2) is 23.1 Å². The Labute approximate surface area is 146 Å². The molecule has 0 bridgehead atoms. The van der Waals surface area contributed by atoms with E-state index in [1.807, 2.05) is 6.92 Å². The molecule has 0 radical (unpaired) electrons. The van der Waals surface area contributed by atoms with E-state index in [2.05, 4.69) is 19.6 Å². The van der Waals surface area contributed by atoms with Gasteiger partial charge >= 0.3 is 0 Å². The predicted octanol–water partition coefficient (Wildman–Crippen LogP) is 2.52. The lowest BCUT2D eigenvalue weighted by atomic mass is 10.2. The fourth-order valence-electron chi connectivity index (χ4n) is 2.55. The molecule has 1 aliphatic heterocycles. The Bertz CT molecular complexity index is 836. The SMILES string of the molecule is Cc1ccc(S(=O)(=O)NCc2ccnc(N3CCCC3)n2)cc1Cl. The van der Waals surface area contributed by atoms with Crippen LogP contribution in [0.2, 0.25) is 5.02 Å². The van der Waals surface area contributed by atoms with E-state index >= 15 is 0 Å². The maximum Gasteiger partial charge on any atom is 0.240 e. The molecule has 1 fully saturated rings. The molecule has 0 amide bonds. The van der Waals surface area contributed by atoms with Gasteiger partial charge in [0, 0.05) is 24.3 Å². The summed E-state index contributed by atoms with van der Waals surface area (Å²) in [6.45, 7) is 3.82. The van der Waals surface area contributed by atoms with Crippen molar-refractivity contribution < 1.29 is 8.42 Å². The molecule has 1 aromatic heterocycles. The minimum atomic E-state index is -3.64. The second-order valence-corrected chi connectivity index (χ2v) is 7.95. The maximum atomic E-state index is 12.4. The number of halogens is 1. The number of hydrogen-bond acceptors (Lipinski definition) is 5. The Morgan fingerprint density at radius 3 is 2.71 bits per heavy atom. The molecular weight excluding hydrogens is 348 g/mol. The fraction of sp³-hybridized carbons (Fsp3) is 0.375. The monoisotopic (exact) mass is 366 g/mol. The summed E-state index contributed by atoms with van der Waals surface area (Å²) in [7, 11) is -3.64. The average molecular weight is 367 g/mol. The minimum absolute atomic E-state index is 0.108. The van der Waals surface area contributed by atoms with Crippen LogP contribution in [0, 0.1) is 6.92 Å². The summed E-state index contributed by atoms with van der Waals surface area (Å²) >= 11 is 6.01. The van der Waals surface area contributed by atoms with Crippen LogP contribution in [-0.2, 0) is 16.6 Å². The van der Waals surface area contributed by atoms with Crippen molar-refractivity contribution in [2.45, 2.75) is 31.2 Å². The fourth-order valence-corrected chi connectivity index (χ4v) is 3.82. The highest BCUT2D eigenvalue weighted by atomic mass is 35.5. The summed E-state index contributed by atoms with van der Waals surface area (Å²) in [6.07, 6.45) is 3.93. The van der Waals surface area contributed by atoms with Crippen molar-refractivity contribution >= 4 is 27.6 Å². The van der Waals surface area contributed by atoms with Crippen LogP contribution < -0.4 is 9.62 Å². The number of benzene rings is 1. The van der Waals surface area contributed by atoms with Gasteiger partial charge in [-0.15, -0.1) is 0 Å². The number of aryl methyl sites for hydroxylation is 1. The van der Waals surface area contributed by atoms with Gasteiger partial charge in [-0.3, -0.25) is 0 Å². The number of nitrogens with one attached hydrogen (secondary N) is 1. The molecule has 0 atom stereocenters. The molecule has 0 spiro atoms. The quantitative estimate of drug-likeness (QED) is 0.880. The van der Waals surface area contributed by atoms with Crippen LogP contribution in [0.25, 0.3) is 0 Å². The van der Waals surface area contributed by atoms with Crippen molar-refractivity contribution in [2.75, 3.05) is 18.0 Å². The first-order chi connectivity index (χ1) is 11.5. The van der Waals surface area contributed by atoms with Crippen molar-refractivity contribution in [3.63, 3.8) is 0 Å². The molecule has 24 heavy (non-hydrogen) atoms. The van der Waals surface area contributed by atoms with Crippen LogP contribution >= 0.6 is 11.6 Å². The van der Waals surface area contributed by atoms with E-state index < -0.39 is 10.0 Å². The standard InChI is InChI=1S/C16H19ClN4O2S/c1-12-4-5-14(10-15(12)17)24(22,23)19-11-13-6-7-18-16(20-13)21-8-2-3-9-21/h4-7,10,19H,2-3,8-9,11H2,1H3. The summed E-state index contributed by atoms with van der Waals surface area (Å²) in [5.41, 5.74) is 1.47. The Morgan fingerprint density at radius 2 is 2.00 bits per heavy atom. The Balaban J connectivity index is 1.72. The number of aromatic nitrogens is 2. The van der Waals surface area contributed by atoms with E-state index in [1.165, 1.54) is 6.07 Å². The van der Waals surface area contributed by atoms with Gasteiger partial charge in [0.1, 0.15) is 0 Å². The van der Waals surface area contributed by atoms with Gasteiger partial charge in [0.2, 0.25) is 16.0 Å². The highest BCUT2D eigenvalue weighted by molar-refractivity contribution is 7.89. The Kier molecular flexibility index (Phi) is 5.03. The van der Waals surface area contributed by atoms with Crippen LogP contribution in [0.5, 0.6) is 0 Å². The second kappa shape index (κ2) is 7.04. The summed E-state index contributed by atoms with van der Waals surface area (Å²) in [5, 5.41) is 0.427. The third-order valence-corrected chi connectivity index (χ3v) is 5.79. The number of rotatable bonds is 5. The second-order valence-electron chi connectivity index (χ2n) is 5.78. The zero-order valence-electron chi connectivity index (χ0n) is 13.4. The third-order valence-electron chi connectivity index (χ3n) is 3.99. The van der Waals surface area contributed by atoms with Crippen molar-refractivity contribution in [1.29, 1.82) is 0 Å². The summed E-state index contributed by atoms with van der Waals surface area (Å²) in [5.74, 6) is 0.655. The minimum Gasteiger partial charge on any atom is -0.341 e. The number of nitrogens with zero attached hydrogens (tertiary/aromatic N) is 3. The van der Waals surface area contributed by atoms with Crippen LogP contribution in [0.3, 0.4) is 0 Å². The van der Waals surface area contributed by atoms with Crippen LogP contribution in [0.15, 0.2) is 35.4 Å². The molecule has 128 valence electrons. The molecule has 1 N–H and O–H groups in total. The van der Waals surface area contributed by atoms with Crippen molar-refractivity contribution in [3.8, 4) is 0 Å². The zero-order chi connectivity index (χ0) is 17.2. The number of sulfonamides is 1. The highest BCUT2D eigenvalue weighted by Crippen LogP contribution is 2.20.